The monoisotopic (exact) mass is 289 g/mol. The van der Waals surface area contributed by atoms with Crippen LogP contribution in [0.5, 0.6) is 0 Å². The number of rotatable bonds is 4. The zero-order valence-corrected chi connectivity index (χ0v) is 12.2. The Balaban J connectivity index is 1.62. The lowest BCUT2D eigenvalue weighted by Gasteiger charge is -2.29. The predicted octanol–water partition coefficient (Wildman–Crippen LogP) is 3.54. The number of hydrogen-bond donors (Lipinski definition) is 1. The van der Waals surface area contributed by atoms with E-state index >= 15 is 0 Å². The molecular weight excluding hydrogens is 269 g/mol. The molecule has 0 bridgehead atoms. The van der Waals surface area contributed by atoms with Gasteiger partial charge in [-0.15, -0.1) is 10.2 Å². The molecule has 0 unspecified atom stereocenters. The van der Waals surface area contributed by atoms with Gasteiger partial charge in [0.05, 0.1) is 6.54 Å². The minimum Gasteiger partial charge on any atom is -0.419 e. The fourth-order valence-corrected chi connectivity index (χ4v) is 2.90. The maximum atomic E-state index is 13.2. The van der Waals surface area contributed by atoms with Gasteiger partial charge in [-0.25, -0.2) is 4.39 Å². The molecule has 1 fully saturated rings. The SMILES string of the molecule is C[C@@H]1CCCC[C@H]1NCc1nnc(-c2cccc(F)c2)o1. The van der Waals surface area contributed by atoms with Crippen LogP contribution < -0.4 is 5.32 Å². The van der Waals surface area contributed by atoms with Crippen molar-refractivity contribution in [3.8, 4) is 11.5 Å². The van der Waals surface area contributed by atoms with Crippen LogP contribution in [-0.4, -0.2) is 16.2 Å². The molecule has 1 heterocycles. The highest BCUT2D eigenvalue weighted by Gasteiger charge is 2.21. The highest BCUT2D eigenvalue weighted by molar-refractivity contribution is 5.52. The summed E-state index contributed by atoms with van der Waals surface area (Å²) in [7, 11) is 0. The van der Waals surface area contributed by atoms with Crippen LogP contribution in [0.3, 0.4) is 0 Å². The van der Waals surface area contributed by atoms with Crippen LogP contribution in [0.15, 0.2) is 28.7 Å². The Bertz CT molecular complexity index is 599. The van der Waals surface area contributed by atoms with Crippen LogP contribution in [0.2, 0.25) is 0 Å². The summed E-state index contributed by atoms with van der Waals surface area (Å²) in [6.07, 6.45) is 5.08. The van der Waals surface area contributed by atoms with E-state index < -0.39 is 0 Å². The van der Waals surface area contributed by atoms with E-state index in [2.05, 4.69) is 22.4 Å². The van der Waals surface area contributed by atoms with E-state index in [1.54, 1.807) is 12.1 Å². The van der Waals surface area contributed by atoms with Gasteiger partial charge in [0.2, 0.25) is 11.8 Å². The fraction of sp³-hybridized carbons (Fsp3) is 0.500. The van der Waals surface area contributed by atoms with Crippen LogP contribution in [0.1, 0.15) is 38.5 Å². The third-order valence-corrected chi connectivity index (χ3v) is 4.17. The van der Waals surface area contributed by atoms with Crippen LogP contribution in [0.4, 0.5) is 4.39 Å². The van der Waals surface area contributed by atoms with E-state index in [0.29, 0.717) is 35.8 Å². The summed E-state index contributed by atoms with van der Waals surface area (Å²) in [4.78, 5) is 0. The molecule has 1 N–H and O–H groups in total. The average Bonchev–Trinajstić information content (AvgIpc) is 2.95. The summed E-state index contributed by atoms with van der Waals surface area (Å²) in [5, 5.41) is 11.5. The minimum absolute atomic E-state index is 0.304. The van der Waals surface area contributed by atoms with Crippen molar-refractivity contribution in [3.63, 3.8) is 0 Å². The Morgan fingerprint density at radius 2 is 2.14 bits per heavy atom. The lowest BCUT2D eigenvalue weighted by atomic mass is 9.86. The number of hydrogen-bond acceptors (Lipinski definition) is 4. The van der Waals surface area contributed by atoms with Crippen molar-refractivity contribution < 1.29 is 8.81 Å². The van der Waals surface area contributed by atoms with Gasteiger partial charge in [-0.2, -0.15) is 0 Å². The number of halogens is 1. The first-order chi connectivity index (χ1) is 10.2. The molecule has 2 aromatic rings. The molecule has 1 aromatic heterocycles. The molecule has 112 valence electrons. The number of aromatic nitrogens is 2. The smallest absolute Gasteiger partial charge is 0.247 e. The second-order valence-electron chi connectivity index (χ2n) is 5.76. The van der Waals surface area contributed by atoms with Crippen molar-refractivity contribution >= 4 is 0 Å². The van der Waals surface area contributed by atoms with E-state index in [9.17, 15) is 4.39 Å². The van der Waals surface area contributed by atoms with Gasteiger partial charge in [0, 0.05) is 11.6 Å². The van der Waals surface area contributed by atoms with Crippen molar-refractivity contribution in [2.75, 3.05) is 0 Å². The summed E-state index contributed by atoms with van der Waals surface area (Å²) in [6.45, 7) is 2.85. The quantitative estimate of drug-likeness (QED) is 0.935. The standard InChI is InChI=1S/C16H20FN3O/c1-11-5-2-3-8-14(11)18-10-15-19-20-16(21-15)12-6-4-7-13(17)9-12/h4,6-7,9,11,14,18H,2-3,5,8,10H2,1H3/t11-,14-/m1/s1. The van der Waals surface area contributed by atoms with Gasteiger partial charge >= 0.3 is 0 Å². The van der Waals surface area contributed by atoms with Crippen LogP contribution in [0, 0.1) is 11.7 Å². The molecule has 0 saturated heterocycles. The molecule has 0 spiro atoms. The van der Waals surface area contributed by atoms with Gasteiger partial charge in [0.1, 0.15) is 5.82 Å². The number of nitrogens with zero attached hydrogens (tertiary/aromatic N) is 2. The molecule has 1 aliphatic carbocycles. The van der Waals surface area contributed by atoms with E-state index in [1.165, 1.54) is 37.8 Å². The summed E-state index contributed by atoms with van der Waals surface area (Å²) in [5.74, 6) is 1.29. The molecule has 1 saturated carbocycles. The van der Waals surface area contributed by atoms with Gasteiger partial charge in [0.25, 0.3) is 0 Å². The number of nitrogens with one attached hydrogen (secondary N) is 1. The first-order valence-electron chi connectivity index (χ1n) is 7.54. The average molecular weight is 289 g/mol. The third kappa shape index (κ3) is 3.47. The van der Waals surface area contributed by atoms with Crippen molar-refractivity contribution in [1.82, 2.24) is 15.5 Å². The molecule has 0 aliphatic heterocycles. The van der Waals surface area contributed by atoms with E-state index in [0.717, 1.165) is 0 Å². The van der Waals surface area contributed by atoms with Gasteiger partial charge in [0.15, 0.2) is 0 Å². The van der Waals surface area contributed by atoms with E-state index in [4.69, 9.17) is 4.42 Å². The van der Waals surface area contributed by atoms with E-state index in [-0.39, 0.29) is 5.82 Å². The summed E-state index contributed by atoms with van der Waals surface area (Å²) >= 11 is 0. The second kappa shape index (κ2) is 6.35. The Kier molecular flexibility index (Phi) is 4.29. The third-order valence-electron chi connectivity index (χ3n) is 4.17. The maximum Gasteiger partial charge on any atom is 0.247 e. The topological polar surface area (TPSA) is 51.0 Å². The molecule has 5 heteroatoms. The van der Waals surface area contributed by atoms with Crippen LogP contribution >= 0.6 is 0 Å². The molecule has 1 aliphatic rings. The van der Waals surface area contributed by atoms with Crippen molar-refractivity contribution in [2.24, 2.45) is 5.92 Å². The predicted molar refractivity (Wildman–Crippen MR) is 78.0 cm³/mol. The van der Waals surface area contributed by atoms with Crippen LogP contribution in [-0.2, 0) is 6.54 Å². The van der Waals surface area contributed by atoms with Gasteiger partial charge in [-0.3, -0.25) is 0 Å². The zero-order chi connectivity index (χ0) is 14.7. The Labute approximate surface area is 123 Å². The molecule has 2 atom stereocenters. The molecule has 1 aromatic carbocycles. The maximum absolute atomic E-state index is 13.2. The normalized spacial score (nSPS) is 22.4. The Hall–Kier alpha value is -1.75. The van der Waals surface area contributed by atoms with Crippen LogP contribution in [0.25, 0.3) is 11.5 Å². The highest BCUT2D eigenvalue weighted by Crippen LogP contribution is 2.24. The van der Waals surface area contributed by atoms with Crippen molar-refractivity contribution in [2.45, 2.75) is 45.2 Å². The summed E-state index contributed by atoms with van der Waals surface area (Å²) in [6, 6.07) is 6.71. The number of benzene rings is 1. The lowest BCUT2D eigenvalue weighted by molar-refractivity contribution is 0.271. The molecule has 0 radical (unpaired) electrons. The van der Waals surface area contributed by atoms with Gasteiger partial charge < -0.3 is 9.73 Å². The minimum atomic E-state index is -0.304. The summed E-state index contributed by atoms with van der Waals surface area (Å²) in [5.41, 5.74) is 0.611. The fourth-order valence-electron chi connectivity index (χ4n) is 2.90. The zero-order valence-electron chi connectivity index (χ0n) is 12.2. The first kappa shape index (κ1) is 14.2. The lowest BCUT2D eigenvalue weighted by Crippen LogP contribution is -2.36. The molecule has 0 amide bonds. The van der Waals surface area contributed by atoms with Gasteiger partial charge in [-0.05, 0) is 37.0 Å². The summed E-state index contributed by atoms with van der Waals surface area (Å²) < 4.78 is 18.8. The molecule has 4 nitrogen and oxygen atoms in total. The highest BCUT2D eigenvalue weighted by atomic mass is 19.1. The molecule has 3 rings (SSSR count). The molecular formula is C16H20FN3O. The van der Waals surface area contributed by atoms with Crippen molar-refractivity contribution in [3.05, 3.63) is 36.0 Å². The Morgan fingerprint density at radius 3 is 2.95 bits per heavy atom. The molecule has 21 heavy (non-hydrogen) atoms. The van der Waals surface area contributed by atoms with E-state index in [1.807, 2.05) is 0 Å². The van der Waals surface area contributed by atoms with Gasteiger partial charge in [-0.1, -0.05) is 25.8 Å². The van der Waals surface area contributed by atoms with Crippen molar-refractivity contribution in [1.29, 1.82) is 0 Å². The second-order valence-corrected chi connectivity index (χ2v) is 5.76. The first-order valence-corrected chi connectivity index (χ1v) is 7.54. The Morgan fingerprint density at radius 1 is 1.29 bits per heavy atom. The largest absolute Gasteiger partial charge is 0.419 e.